The molecule has 30 heavy (non-hydrogen) atoms. The summed E-state index contributed by atoms with van der Waals surface area (Å²) < 4.78 is 21.3. The van der Waals surface area contributed by atoms with Crippen molar-refractivity contribution in [2.24, 2.45) is 0 Å². The van der Waals surface area contributed by atoms with E-state index in [9.17, 15) is 9.59 Å². The maximum atomic E-state index is 12.6. The third kappa shape index (κ3) is 3.89. The van der Waals surface area contributed by atoms with Crippen LogP contribution in [0.5, 0.6) is 17.2 Å². The minimum atomic E-state index is -0.588. The first-order valence-corrected chi connectivity index (χ1v) is 9.16. The first-order valence-electron chi connectivity index (χ1n) is 9.16. The molecule has 0 aliphatic heterocycles. The highest BCUT2D eigenvalue weighted by Gasteiger charge is 2.14. The molecule has 6 heteroatoms. The lowest BCUT2D eigenvalue weighted by Gasteiger charge is -2.09. The molecule has 0 saturated carbocycles. The quantitative estimate of drug-likeness (QED) is 0.274. The van der Waals surface area contributed by atoms with Crippen LogP contribution in [0, 0.1) is 0 Å². The van der Waals surface area contributed by atoms with Crippen LogP contribution in [-0.4, -0.2) is 20.2 Å². The molecule has 3 aromatic carbocycles. The van der Waals surface area contributed by atoms with Crippen molar-refractivity contribution in [1.82, 2.24) is 0 Å². The van der Waals surface area contributed by atoms with Gasteiger partial charge in [0.2, 0.25) is 0 Å². The molecule has 6 nitrogen and oxygen atoms in total. The second-order valence-electron chi connectivity index (χ2n) is 6.50. The van der Waals surface area contributed by atoms with Gasteiger partial charge in [-0.3, -0.25) is 0 Å². The van der Waals surface area contributed by atoms with E-state index in [1.165, 1.54) is 20.3 Å². The summed E-state index contributed by atoms with van der Waals surface area (Å²) in [5, 5.41) is 0.719. The van der Waals surface area contributed by atoms with Crippen LogP contribution in [0.1, 0.15) is 10.4 Å². The standard InChI is InChI=1S/C24H18O6/c1-27-19-10-17(11-20(13-19)28-2)23(25)29-18-9-8-16-12-21(15-6-4-3-5-7-15)24(26)30-22(16)14-18/h3-14H,1-2H3. The van der Waals surface area contributed by atoms with Crippen LogP contribution in [0.15, 0.2) is 82.0 Å². The Morgan fingerprint density at radius 3 is 2.17 bits per heavy atom. The third-order valence-electron chi connectivity index (χ3n) is 4.59. The highest BCUT2D eigenvalue weighted by molar-refractivity contribution is 5.92. The fourth-order valence-electron chi connectivity index (χ4n) is 3.07. The largest absolute Gasteiger partial charge is 0.497 e. The summed E-state index contributed by atoms with van der Waals surface area (Å²) in [5.74, 6) is 0.609. The van der Waals surface area contributed by atoms with Gasteiger partial charge in [0, 0.05) is 17.5 Å². The highest BCUT2D eigenvalue weighted by atomic mass is 16.5. The Labute approximate surface area is 172 Å². The number of hydrogen-bond donors (Lipinski definition) is 0. The lowest BCUT2D eigenvalue weighted by Crippen LogP contribution is -2.09. The van der Waals surface area contributed by atoms with E-state index in [0.717, 1.165) is 10.9 Å². The minimum Gasteiger partial charge on any atom is -0.497 e. The topological polar surface area (TPSA) is 75.0 Å². The number of esters is 1. The van der Waals surface area contributed by atoms with Crippen LogP contribution in [-0.2, 0) is 0 Å². The van der Waals surface area contributed by atoms with Crippen LogP contribution < -0.4 is 19.8 Å². The number of ether oxygens (including phenoxy) is 3. The second-order valence-corrected chi connectivity index (χ2v) is 6.50. The molecule has 0 spiro atoms. The molecule has 0 aliphatic rings. The molecule has 4 rings (SSSR count). The van der Waals surface area contributed by atoms with Crippen molar-refractivity contribution < 1.29 is 23.4 Å². The Balaban J connectivity index is 1.64. The zero-order valence-electron chi connectivity index (χ0n) is 16.4. The van der Waals surface area contributed by atoms with Crippen molar-refractivity contribution in [2.75, 3.05) is 14.2 Å². The van der Waals surface area contributed by atoms with E-state index in [4.69, 9.17) is 18.6 Å². The van der Waals surface area contributed by atoms with Crippen molar-refractivity contribution in [3.05, 3.63) is 88.8 Å². The number of hydrogen-bond acceptors (Lipinski definition) is 6. The SMILES string of the molecule is COc1cc(OC)cc(C(=O)Oc2ccc3cc(-c4ccccc4)c(=O)oc3c2)c1. The average molecular weight is 402 g/mol. The van der Waals surface area contributed by atoms with E-state index in [-0.39, 0.29) is 11.3 Å². The highest BCUT2D eigenvalue weighted by Crippen LogP contribution is 2.26. The molecule has 0 atom stereocenters. The summed E-state index contributed by atoms with van der Waals surface area (Å²) in [6, 6.07) is 20.7. The van der Waals surface area contributed by atoms with Gasteiger partial charge in [0.25, 0.3) is 0 Å². The number of fused-ring (bicyclic) bond motifs is 1. The fourth-order valence-corrected chi connectivity index (χ4v) is 3.07. The molecule has 0 fully saturated rings. The summed E-state index contributed by atoms with van der Waals surface area (Å²) >= 11 is 0. The predicted octanol–water partition coefficient (Wildman–Crippen LogP) is 4.70. The summed E-state index contributed by atoms with van der Waals surface area (Å²) in [7, 11) is 3.00. The van der Waals surface area contributed by atoms with Gasteiger partial charge in [-0.15, -0.1) is 0 Å². The number of carbonyl (C=O) groups is 1. The van der Waals surface area contributed by atoms with Crippen LogP contribution in [0.2, 0.25) is 0 Å². The Kier molecular flexibility index (Phi) is 5.22. The lowest BCUT2D eigenvalue weighted by molar-refractivity contribution is 0.0734. The van der Waals surface area contributed by atoms with Crippen molar-refractivity contribution in [1.29, 1.82) is 0 Å². The Morgan fingerprint density at radius 2 is 1.50 bits per heavy atom. The summed E-state index contributed by atoms with van der Waals surface area (Å²) in [6.07, 6.45) is 0. The Morgan fingerprint density at radius 1 is 0.800 bits per heavy atom. The average Bonchev–Trinajstić information content (AvgIpc) is 2.78. The molecule has 0 N–H and O–H groups in total. The first kappa shape index (κ1) is 19.3. The lowest BCUT2D eigenvalue weighted by atomic mass is 10.1. The van der Waals surface area contributed by atoms with E-state index < -0.39 is 11.6 Å². The molecule has 0 aliphatic carbocycles. The van der Waals surface area contributed by atoms with Crippen LogP contribution in [0.4, 0.5) is 0 Å². The number of methoxy groups -OCH3 is 2. The van der Waals surface area contributed by atoms with Crippen molar-refractivity contribution >= 4 is 16.9 Å². The number of benzene rings is 3. The van der Waals surface area contributed by atoms with Gasteiger partial charge < -0.3 is 18.6 Å². The predicted molar refractivity (Wildman–Crippen MR) is 112 cm³/mol. The summed E-state index contributed by atoms with van der Waals surface area (Å²) in [6.45, 7) is 0. The van der Waals surface area contributed by atoms with Crippen molar-refractivity contribution in [2.45, 2.75) is 0 Å². The molecule has 0 saturated heterocycles. The second kappa shape index (κ2) is 8.13. The molecule has 150 valence electrons. The number of rotatable bonds is 5. The van der Waals surface area contributed by atoms with Gasteiger partial charge in [0.1, 0.15) is 22.8 Å². The van der Waals surface area contributed by atoms with Gasteiger partial charge in [0.05, 0.1) is 25.3 Å². The molecule has 0 unspecified atom stereocenters. The molecule has 1 heterocycles. The van der Waals surface area contributed by atoms with Crippen LogP contribution in [0.3, 0.4) is 0 Å². The van der Waals surface area contributed by atoms with Gasteiger partial charge in [-0.2, -0.15) is 0 Å². The summed E-state index contributed by atoms with van der Waals surface area (Å²) in [5.41, 5.74) is 1.38. The molecule has 1 aromatic heterocycles. The van der Waals surface area contributed by atoms with Crippen LogP contribution in [0.25, 0.3) is 22.1 Å². The Bertz CT molecular complexity index is 1250. The maximum absolute atomic E-state index is 12.6. The third-order valence-corrected chi connectivity index (χ3v) is 4.59. The molecule has 0 bridgehead atoms. The maximum Gasteiger partial charge on any atom is 0.344 e. The number of carbonyl (C=O) groups excluding carboxylic acids is 1. The van der Waals surface area contributed by atoms with E-state index in [0.29, 0.717) is 22.6 Å². The normalized spacial score (nSPS) is 10.6. The molecule has 0 amide bonds. The van der Waals surface area contributed by atoms with Gasteiger partial charge in [-0.25, -0.2) is 9.59 Å². The first-order chi connectivity index (χ1) is 14.6. The summed E-state index contributed by atoms with van der Waals surface area (Å²) in [4.78, 5) is 25.0. The van der Waals surface area contributed by atoms with Gasteiger partial charge in [-0.1, -0.05) is 30.3 Å². The van der Waals surface area contributed by atoms with E-state index in [2.05, 4.69) is 0 Å². The van der Waals surface area contributed by atoms with Gasteiger partial charge >= 0.3 is 11.6 Å². The molecular formula is C24H18O6. The van der Waals surface area contributed by atoms with Gasteiger partial charge in [-0.05, 0) is 35.9 Å². The van der Waals surface area contributed by atoms with Crippen LogP contribution >= 0.6 is 0 Å². The molecule has 4 aromatic rings. The smallest absolute Gasteiger partial charge is 0.344 e. The Hall–Kier alpha value is -4.06. The molecular weight excluding hydrogens is 384 g/mol. The van der Waals surface area contributed by atoms with Crippen molar-refractivity contribution in [3.8, 4) is 28.4 Å². The zero-order chi connectivity index (χ0) is 21.1. The minimum absolute atomic E-state index is 0.255. The van der Waals surface area contributed by atoms with E-state index >= 15 is 0 Å². The van der Waals surface area contributed by atoms with Gasteiger partial charge in [0.15, 0.2) is 0 Å². The fraction of sp³-hybridized carbons (Fsp3) is 0.0833. The zero-order valence-corrected chi connectivity index (χ0v) is 16.4. The van der Waals surface area contributed by atoms with E-state index in [1.807, 2.05) is 30.3 Å². The van der Waals surface area contributed by atoms with Crippen molar-refractivity contribution in [3.63, 3.8) is 0 Å². The van der Waals surface area contributed by atoms with E-state index in [1.54, 1.807) is 36.4 Å². The molecule has 0 radical (unpaired) electrons. The monoisotopic (exact) mass is 402 g/mol.